The van der Waals surface area contributed by atoms with Gasteiger partial charge in [-0.2, -0.15) is 0 Å². The molecule has 84 valence electrons. The molecule has 0 bridgehead atoms. The van der Waals surface area contributed by atoms with Gasteiger partial charge in [0.05, 0.1) is 11.3 Å². The van der Waals surface area contributed by atoms with Crippen LogP contribution in [0, 0.1) is 0 Å². The summed E-state index contributed by atoms with van der Waals surface area (Å²) in [6.45, 7) is 0. The third-order valence-electron chi connectivity index (χ3n) is 1.64. The minimum atomic E-state index is -1.12. The van der Waals surface area contributed by atoms with Gasteiger partial charge in [-0.25, -0.2) is 4.79 Å². The lowest BCUT2D eigenvalue weighted by molar-refractivity contribution is -0.136. The Kier molecular flexibility index (Phi) is 4.60. The van der Waals surface area contributed by atoms with E-state index in [0.717, 1.165) is 16.7 Å². The van der Waals surface area contributed by atoms with Crippen molar-refractivity contribution in [2.75, 3.05) is 0 Å². The van der Waals surface area contributed by atoms with Crippen LogP contribution in [0.25, 0.3) is 0 Å². The van der Waals surface area contributed by atoms with Crippen LogP contribution in [-0.4, -0.2) is 22.2 Å². The minimum Gasteiger partial charge on any atom is -0.481 e. The van der Waals surface area contributed by atoms with E-state index in [1.54, 1.807) is 24.3 Å². The molecule has 4 nitrogen and oxygen atoms in total. The summed E-state index contributed by atoms with van der Waals surface area (Å²) in [5.41, 5.74) is 0. The lowest BCUT2D eigenvalue weighted by Gasteiger charge is -2.01. The van der Waals surface area contributed by atoms with Gasteiger partial charge in [0, 0.05) is 4.90 Å². The van der Waals surface area contributed by atoms with Crippen molar-refractivity contribution in [3.05, 3.63) is 41.3 Å². The zero-order valence-electron chi connectivity index (χ0n) is 8.29. The average molecular weight is 238 g/mol. The lowest BCUT2D eigenvalue weighted by atomic mass is 10.4. The summed E-state index contributed by atoms with van der Waals surface area (Å²) >= 11 is 1.04. The van der Waals surface area contributed by atoms with Gasteiger partial charge in [0.1, 0.15) is 0 Å². The summed E-state index contributed by atoms with van der Waals surface area (Å²) in [5.74, 6) is -2.16. The molecule has 0 aliphatic heterocycles. The molecule has 0 aliphatic rings. The van der Waals surface area contributed by atoms with E-state index in [9.17, 15) is 9.59 Å². The average Bonchev–Trinajstić information content (AvgIpc) is 2.25. The number of carboxylic acids is 2. The van der Waals surface area contributed by atoms with Crippen molar-refractivity contribution in [3.63, 3.8) is 0 Å². The fourth-order valence-electron chi connectivity index (χ4n) is 0.968. The molecule has 0 saturated heterocycles. The number of carboxylic acid groups (broad SMARTS) is 2. The molecule has 1 rings (SSSR count). The van der Waals surface area contributed by atoms with Crippen LogP contribution in [0.4, 0.5) is 0 Å². The first-order valence-electron chi connectivity index (χ1n) is 4.47. The predicted molar refractivity (Wildman–Crippen MR) is 60.3 cm³/mol. The zero-order valence-corrected chi connectivity index (χ0v) is 9.11. The number of aliphatic carboxylic acids is 2. The van der Waals surface area contributed by atoms with Crippen LogP contribution in [-0.2, 0) is 9.59 Å². The van der Waals surface area contributed by atoms with E-state index < -0.39 is 11.9 Å². The minimum absolute atomic E-state index is 0.0219. The molecule has 0 saturated carbocycles. The summed E-state index contributed by atoms with van der Waals surface area (Å²) in [6, 6.07) is 8.94. The Morgan fingerprint density at radius 2 is 1.81 bits per heavy atom. The Bertz CT molecular complexity index is 411. The molecule has 0 atom stereocenters. The summed E-state index contributed by atoms with van der Waals surface area (Å²) in [6.07, 6.45) is 0.907. The van der Waals surface area contributed by atoms with Crippen LogP contribution < -0.4 is 0 Å². The molecule has 5 heteroatoms. The highest BCUT2D eigenvalue weighted by Crippen LogP contribution is 2.26. The van der Waals surface area contributed by atoms with Gasteiger partial charge in [-0.05, 0) is 12.1 Å². The van der Waals surface area contributed by atoms with E-state index in [-0.39, 0.29) is 11.3 Å². The topological polar surface area (TPSA) is 74.6 Å². The second-order valence-electron chi connectivity index (χ2n) is 2.89. The first-order valence-corrected chi connectivity index (χ1v) is 5.29. The molecule has 0 fully saturated rings. The number of hydrogen-bond acceptors (Lipinski definition) is 3. The van der Waals surface area contributed by atoms with Gasteiger partial charge in [0.2, 0.25) is 0 Å². The molecule has 0 heterocycles. The fourth-order valence-corrected chi connectivity index (χ4v) is 1.77. The van der Waals surface area contributed by atoms with Crippen molar-refractivity contribution in [1.82, 2.24) is 0 Å². The van der Waals surface area contributed by atoms with Gasteiger partial charge >= 0.3 is 11.9 Å². The smallest absolute Gasteiger partial charge is 0.342 e. The van der Waals surface area contributed by atoms with E-state index in [0.29, 0.717) is 0 Å². The van der Waals surface area contributed by atoms with Crippen molar-refractivity contribution < 1.29 is 19.8 Å². The summed E-state index contributed by atoms with van der Waals surface area (Å²) in [5, 5.41) is 17.3. The summed E-state index contributed by atoms with van der Waals surface area (Å²) in [7, 11) is 0. The normalized spacial score (nSPS) is 11.1. The molecule has 0 aromatic heterocycles. The van der Waals surface area contributed by atoms with Crippen LogP contribution in [0.15, 0.2) is 46.2 Å². The number of thioether (sulfide) groups is 1. The van der Waals surface area contributed by atoms with E-state index in [2.05, 4.69) is 0 Å². The van der Waals surface area contributed by atoms with Crippen LogP contribution in [0.5, 0.6) is 0 Å². The molecular formula is C11H10O4S. The molecule has 1 aromatic rings. The van der Waals surface area contributed by atoms with Crippen molar-refractivity contribution in [3.8, 4) is 0 Å². The fraction of sp³-hybridized carbons (Fsp3) is 0.0909. The Hall–Kier alpha value is -1.75. The maximum Gasteiger partial charge on any atom is 0.342 e. The van der Waals surface area contributed by atoms with Gasteiger partial charge in [0.25, 0.3) is 0 Å². The van der Waals surface area contributed by atoms with Gasteiger partial charge in [-0.3, -0.25) is 4.79 Å². The monoisotopic (exact) mass is 238 g/mol. The Labute approximate surface area is 96.6 Å². The number of carbonyl (C=O) groups is 2. The van der Waals surface area contributed by atoms with Gasteiger partial charge in [-0.1, -0.05) is 36.0 Å². The molecule has 1 aromatic carbocycles. The molecule has 0 amide bonds. The largest absolute Gasteiger partial charge is 0.481 e. The quantitative estimate of drug-likeness (QED) is 0.607. The molecular weight excluding hydrogens is 228 g/mol. The van der Waals surface area contributed by atoms with Gasteiger partial charge in [0.15, 0.2) is 0 Å². The van der Waals surface area contributed by atoms with Crippen molar-refractivity contribution >= 4 is 23.7 Å². The van der Waals surface area contributed by atoms with Gasteiger partial charge in [-0.15, -0.1) is 0 Å². The van der Waals surface area contributed by atoms with Crippen molar-refractivity contribution in [2.45, 2.75) is 11.3 Å². The highest BCUT2D eigenvalue weighted by molar-refractivity contribution is 8.04. The van der Waals surface area contributed by atoms with Crippen LogP contribution in [0.2, 0.25) is 0 Å². The predicted octanol–water partition coefficient (Wildman–Crippen LogP) is 2.22. The Morgan fingerprint density at radius 1 is 1.19 bits per heavy atom. The molecule has 0 spiro atoms. The highest BCUT2D eigenvalue weighted by Gasteiger charge is 2.09. The van der Waals surface area contributed by atoms with Crippen LogP contribution in [0.3, 0.4) is 0 Å². The number of benzene rings is 1. The third-order valence-corrected chi connectivity index (χ3v) is 2.71. The maximum atomic E-state index is 10.8. The molecule has 0 unspecified atom stereocenters. The number of hydrogen-bond donors (Lipinski definition) is 2. The molecule has 0 aliphatic carbocycles. The second-order valence-corrected chi connectivity index (χ2v) is 4.00. The van der Waals surface area contributed by atoms with Crippen LogP contribution in [0.1, 0.15) is 6.42 Å². The first-order chi connectivity index (χ1) is 7.59. The highest BCUT2D eigenvalue weighted by atomic mass is 32.2. The Morgan fingerprint density at radius 3 is 2.31 bits per heavy atom. The standard InChI is InChI=1S/C11H10O4S/c12-10(13)7-6-9(11(14)15)16-8-4-2-1-3-5-8/h1-6H,7H2,(H,12,13)(H,14,15)/b9-6+. The Balaban J connectivity index is 2.77. The number of rotatable bonds is 5. The maximum absolute atomic E-state index is 10.8. The lowest BCUT2D eigenvalue weighted by Crippen LogP contribution is -1.99. The molecule has 0 radical (unpaired) electrons. The second kappa shape index (κ2) is 5.97. The SMILES string of the molecule is O=C(O)C/C=C(/Sc1ccccc1)C(=O)O. The zero-order chi connectivity index (χ0) is 12.0. The van der Waals surface area contributed by atoms with Crippen LogP contribution >= 0.6 is 11.8 Å². The van der Waals surface area contributed by atoms with Crippen molar-refractivity contribution in [2.24, 2.45) is 0 Å². The van der Waals surface area contributed by atoms with E-state index >= 15 is 0 Å². The summed E-state index contributed by atoms with van der Waals surface area (Å²) < 4.78 is 0. The first kappa shape index (κ1) is 12.3. The van der Waals surface area contributed by atoms with E-state index in [1.807, 2.05) is 6.07 Å². The van der Waals surface area contributed by atoms with E-state index in [4.69, 9.17) is 10.2 Å². The summed E-state index contributed by atoms with van der Waals surface area (Å²) in [4.78, 5) is 22.0. The third kappa shape index (κ3) is 4.18. The molecule has 16 heavy (non-hydrogen) atoms. The van der Waals surface area contributed by atoms with Gasteiger partial charge < -0.3 is 10.2 Å². The van der Waals surface area contributed by atoms with E-state index in [1.165, 1.54) is 6.08 Å². The van der Waals surface area contributed by atoms with Crippen molar-refractivity contribution in [1.29, 1.82) is 0 Å². The molecule has 2 N–H and O–H groups in total.